The van der Waals surface area contributed by atoms with E-state index in [2.05, 4.69) is 5.32 Å². The van der Waals surface area contributed by atoms with Gasteiger partial charge in [0.2, 0.25) is 11.8 Å². The maximum atomic E-state index is 12.1. The Hall–Kier alpha value is -2.57. The zero-order chi connectivity index (χ0) is 17.0. The van der Waals surface area contributed by atoms with Crippen LogP contribution in [0.15, 0.2) is 18.2 Å². The van der Waals surface area contributed by atoms with E-state index in [-0.39, 0.29) is 30.2 Å². The zero-order valence-corrected chi connectivity index (χ0v) is 12.9. The lowest BCUT2D eigenvalue weighted by Crippen LogP contribution is -2.40. The molecule has 2 rings (SSSR count). The van der Waals surface area contributed by atoms with E-state index in [1.165, 1.54) is 11.0 Å². The minimum absolute atomic E-state index is 0.0323. The number of hydrogen-bond donors (Lipinski definition) is 3. The average Bonchev–Trinajstić information content (AvgIpc) is 2.97. The van der Waals surface area contributed by atoms with Crippen LogP contribution in [-0.4, -0.2) is 45.5 Å². The SMILES string of the molecule is Cc1ccc(NC(=O)CCC(=O)N2CCCC2C(=O)O)c(O)c1. The number of carbonyl (C=O) groups excluding carboxylic acids is 2. The number of carboxylic acid groups (broad SMARTS) is 1. The number of rotatable bonds is 5. The second-order valence-corrected chi connectivity index (χ2v) is 5.65. The van der Waals surface area contributed by atoms with Gasteiger partial charge in [-0.25, -0.2) is 4.79 Å². The van der Waals surface area contributed by atoms with Gasteiger partial charge >= 0.3 is 5.97 Å². The van der Waals surface area contributed by atoms with Crippen LogP contribution in [-0.2, 0) is 14.4 Å². The van der Waals surface area contributed by atoms with Crippen molar-refractivity contribution in [2.24, 2.45) is 0 Å². The molecule has 1 aromatic rings. The summed E-state index contributed by atoms with van der Waals surface area (Å²) in [6.45, 7) is 2.23. The van der Waals surface area contributed by atoms with E-state index >= 15 is 0 Å². The fourth-order valence-electron chi connectivity index (χ4n) is 2.65. The van der Waals surface area contributed by atoms with Crippen molar-refractivity contribution in [1.29, 1.82) is 0 Å². The Morgan fingerprint density at radius 2 is 2.04 bits per heavy atom. The van der Waals surface area contributed by atoms with Crippen LogP contribution in [0.25, 0.3) is 0 Å². The molecular formula is C16H20N2O5. The quantitative estimate of drug-likeness (QED) is 0.713. The van der Waals surface area contributed by atoms with Gasteiger partial charge in [-0.2, -0.15) is 0 Å². The molecule has 1 saturated heterocycles. The zero-order valence-electron chi connectivity index (χ0n) is 12.9. The maximum absolute atomic E-state index is 12.1. The Morgan fingerprint density at radius 3 is 2.70 bits per heavy atom. The molecule has 1 fully saturated rings. The predicted molar refractivity (Wildman–Crippen MR) is 83.1 cm³/mol. The van der Waals surface area contributed by atoms with Crippen LogP contribution in [0.2, 0.25) is 0 Å². The summed E-state index contributed by atoms with van der Waals surface area (Å²) in [4.78, 5) is 36.3. The Morgan fingerprint density at radius 1 is 1.30 bits per heavy atom. The number of phenolic OH excluding ortho intramolecular Hbond substituents is 1. The molecule has 23 heavy (non-hydrogen) atoms. The highest BCUT2D eigenvalue weighted by atomic mass is 16.4. The highest BCUT2D eigenvalue weighted by Gasteiger charge is 2.33. The highest BCUT2D eigenvalue weighted by Crippen LogP contribution is 2.24. The van der Waals surface area contributed by atoms with Crippen molar-refractivity contribution < 1.29 is 24.6 Å². The first-order chi connectivity index (χ1) is 10.9. The number of carboxylic acids is 1. The van der Waals surface area contributed by atoms with Gasteiger partial charge in [0.1, 0.15) is 11.8 Å². The predicted octanol–water partition coefficient (Wildman–Crippen LogP) is 1.49. The van der Waals surface area contributed by atoms with Gasteiger partial charge in [-0.05, 0) is 37.5 Å². The van der Waals surface area contributed by atoms with Crippen LogP contribution in [0.1, 0.15) is 31.2 Å². The fourth-order valence-corrected chi connectivity index (χ4v) is 2.65. The monoisotopic (exact) mass is 320 g/mol. The largest absolute Gasteiger partial charge is 0.506 e. The molecule has 7 heteroatoms. The minimum atomic E-state index is -1.01. The van der Waals surface area contributed by atoms with Crippen molar-refractivity contribution in [3.63, 3.8) is 0 Å². The molecule has 7 nitrogen and oxygen atoms in total. The molecule has 1 unspecified atom stereocenters. The Balaban J connectivity index is 1.86. The molecule has 3 N–H and O–H groups in total. The van der Waals surface area contributed by atoms with Gasteiger partial charge in [0.05, 0.1) is 5.69 Å². The Bertz CT molecular complexity index is 629. The molecule has 1 atom stereocenters. The van der Waals surface area contributed by atoms with Crippen LogP contribution in [0, 0.1) is 6.92 Å². The minimum Gasteiger partial charge on any atom is -0.506 e. The van der Waals surface area contributed by atoms with Crippen LogP contribution < -0.4 is 5.32 Å². The van der Waals surface area contributed by atoms with Gasteiger partial charge in [-0.3, -0.25) is 9.59 Å². The van der Waals surface area contributed by atoms with E-state index in [4.69, 9.17) is 5.11 Å². The summed E-state index contributed by atoms with van der Waals surface area (Å²) in [7, 11) is 0. The van der Waals surface area contributed by atoms with E-state index in [9.17, 15) is 19.5 Å². The number of amides is 2. The summed E-state index contributed by atoms with van der Waals surface area (Å²) >= 11 is 0. The lowest BCUT2D eigenvalue weighted by molar-refractivity contribution is -0.148. The summed E-state index contributed by atoms with van der Waals surface area (Å²) in [6.07, 6.45) is 0.994. The molecule has 1 aliphatic heterocycles. The molecule has 0 radical (unpaired) electrons. The number of anilines is 1. The van der Waals surface area contributed by atoms with Crippen LogP contribution in [0.4, 0.5) is 5.69 Å². The molecule has 0 bridgehead atoms. The molecular weight excluding hydrogens is 300 g/mol. The number of phenols is 1. The number of hydrogen-bond acceptors (Lipinski definition) is 4. The van der Waals surface area contributed by atoms with E-state index in [1.54, 1.807) is 12.1 Å². The molecule has 2 amide bonds. The van der Waals surface area contributed by atoms with Crippen molar-refractivity contribution in [1.82, 2.24) is 4.90 Å². The summed E-state index contributed by atoms with van der Waals surface area (Å²) < 4.78 is 0. The van der Waals surface area contributed by atoms with Gasteiger partial charge < -0.3 is 20.4 Å². The topological polar surface area (TPSA) is 107 Å². The Labute approximate surface area is 133 Å². The van der Waals surface area contributed by atoms with Crippen LogP contribution in [0.5, 0.6) is 5.75 Å². The average molecular weight is 320 g/mol. The van der Waals surface area contributed by atoms with Gasteiger partial charge in [-0.1, -0.05) is 6.07 Å². The van der Waals surface area contributed by atoms with E-state index < -0.39 is 17.9 Å². The number of aryl methyl sites for hydroxylation is 1. The van der Waals surface area contributed by atoms with Gasteiger partial charge in [0.15, 0.2) is 0 Å². The summed E-state index contributed by atoms with van der Waals surface area (Å²) in [6, 6.07) is 4.09. The number of benzene rings is 1. The van der Waals surface area contributed by atoms with Gasteiger partial charge in [0, 0.05) is 19.4 Å². The molecule has 0 aliphatic carbocycles. The van der Waals surface area contributed by atoms with Crippen LogP contribution in [0.3, 0.4) is 0 Å². The van der Waals surface area contributed by atoms with Crippen molar-refractivity contribution >= 4 is 23.5 Å². The van der Waals surface area contributed by atoms with Crippen molar-refractivity contribution in [2.75, 3.05) is 11.9 Å². The number of likely N-dealkylation sites (tertiary alicyclic amines) is 1. The summed E-state index contributed by atoms with van der Waals surface area (Å²) in [5.74, 6) is -1.78. The Kier molecular flexibility index (Phi) is 5.20. The highest BCUT2D eigenvalue weighted by molar-refractivity contribution is 5.95. The first-order valence-corrected chi connectivity index (χ1v) is 7.50. The molecule has 0 saturated carbocycles. The maximum Gasteiger partial charge on any atom is 0.326 e. The lowest BCUT2D eigenvalue weighted by Gasteiger charge is -2.21. The molecule has 1 aliphatic rings. The van der Waals surface area contributed by atoms with Crippen molar-refractivity contribution in [2.45, 2.75) is 38.6 Å². The molecule has 0 aromatic heterocycles. The second-order valence-electron chi connectivity index (χ2n) is 5.65. The third-order valence-corrected chi connectivity index (χ3v) is 3.85. The number of aliphatic carboxylic acids is 1. The second kappa shape index (κ2) is 7.13. The smallest absolute Gasteiger partial charge is 0.326 e. The standard InChI is InChI=1S/C16H20N2O5/c1-10-4-5-11(13(19)9-10)17-14(20)6-7-15(21)18-8-2-3-12(18)16(22)23/h4-5,9,12,19H,2-3,6-8H2,1H3,(H,17,20)(H,22,23). The van der Waals surface area contributed by atoms with Gasteiger partial charge in [-0.15, -0.1) is 0 Å². The van der Waals surface area contributed by atoms with E-state index in [0.29, 0.717) is 19.4 Å². The van der Waals surface area contributed by atoms with Crippen molar-refractivity contribution in [3.05, 3.63) is 23.8 Å². The molecule has 1 aromatic carbocycles. The van der Waals surface area contributed by atoms with E-state index in [0.717, 1.165) is 5.56 Å². The fraction of sp³-hybridized carbons (Fsp3) is 0.438. The number of carbonyl (C=O) groups is 3. The summed E-state index contributed by atoms with van der Waals surface area (Å²) in [5, 5.41) is 21.3. The van der Waals surface area contributed by atoms with Gasteiger partial charge in [0.25, 0.3) is 0 Å². The summed E-state index contributed by atoms with van der Waals surface area (Å²) in [5.41, 5.74) is 1.15. The molecule has 1 heterocycles. The molecule has 0 spiro atoms. The third kappa shape index (κ3) is 4.21. The lowest BCUT2D eigenvalue weighted by atomic mass is 10.2. The molecule has 124 valence electrons. The first-order valence-electron chi connectivity index (χ1n) is 7.50. The number of nitrogens with zero attached hydrogens (tertiary/aromatic N) is 1. The van der Waals surface area contributed by atoms with Crippen molar-refractivity contribution in [3.8, 4) is 5.75 Å². The third-order valence-electron chi connectivity index (χ3n) is 3.85. The number of aromatic hydroxyl groups is 1. The first kappa shape index (κ1) is 16.8. The van der Waals surface area contributed by atoms with Crippen LogP contribution >= 0.6 is 0 Å². The number of nitrogens with one attached hydrogen (secondary N) is 1. The normalized spacial score (nSPS) is 17.1. The van der Waals surface area contributed by atoms with E-state index in [1.807, 2.05) is 6.92 Å².